The fourth-order valence-electron chi connectivity index (χ4n) is 1.07. The van der Waals surface area contributed by atoms with Gasteiger partial charge in [-0.3, -0.25) is 0 Å². The molecule has 1 aromatic heterocycles. The summed E-state index contributed by atoms with van der Waals surface area (Å²) in [5, 5.41) is 8.66. The van der Waals surface area contributed by atoms with E-state index in [1.165, 1.54) is 0 Å². The highest BCUT2D eigenvalue weighted by Crippen LogP contribution is 2.26. The van der Waals surface area contributed by atoms with Crippen LogP contribution in [0.5, 0.6) is 0 Å². The molecule has 2 aromatic rings. The maximum atomic E-state index is 8.66. The van der Waals surface area contributed by atoms with Gasteiger partial charge in [0.2, 0.25) is 0 Å². The van der Waals surface area contributed by atoms with Gasteiger partial charge in [0.15, 0.2) is 5.58 Å². The quantitative estimate of drug-likeness (QED) is 0.761. The largest absolute Gasteiger partial charge is 0.424 e. The number of nitriles is 1. The Labute approximate surface area is 82.1 Å². The Hall–Kier alpha value is -1.54. The van der Waals surface area contributed by atoms with E-state index < -0.39 is 0 Å². The molecule has 0 aliphatic carbocycles. The molecule has 0 aliphatic heterocycles. The molecular formula is C8H4BrN3O. The van der Waals surface area contributed by atoms with E-state index in [0.29, 0.717) is 21.1 Å². The van der Waals surface area contributed by atoms with Gasteiger partial charge in [-0.05, 0) is 22.0 Å². The van der Waals surface area contributed by atoms with Crippen LogP contribution in [0.3, 0.4) is 0 Å². The topological polar surface area (TPSA) is 75.8 Å². The van der Waals surface area contributed by atoms with Crippen LogP contribution in [-0.4, -0.2) is 4.98 Å². The first-order valence-corrected chi connectivity index (χ1v) is 4.25. The van der Waals surface area contributed by atoms with Crippen LogP contribution in [0.4, 0.5) is 6.01 Å². The van der Waals surface area contributed by atoms with Crippen molar-refractivity contribution in [2.45, 2.75) is 0 Å². The van der Waals surface area contributed by atoms with Crippen molar-refractivity contribution in [2.75, 3.05) is 5.73 Å². The summed E-state index contributed by atoms with van der Waals surface area (Å²) in [6.45, 7) is 0. The van der Waals surface area contributed by atoms with Crippen LogP contribution in [0.25, 0.3) is 11.1 Å². The molecule has 0 radical (unpaired) electrons. The van der Waals surface area contributed by atoms with Crippen LogP contribution >= 0.6 is 15.9 Å². The fraction of sp³-hybridized carbons (Fsp3) is 0. The molecule has 0 atom stereocenters. The van der Waals surface area contributed by atoms with E-state index in [9.17, 15) is 0 Å². The van der Waals surface area contributed by atoms with E-state index in [1.54, 1.807) is 12.1 Å². The first kappa shape index (κ1) is 8.08. The third kappa shape index (κ3) is 1.25. The fourth-order valence-corrected chi connectivity index (χ4v) is 1.60. The molecule has 1 heterocycles. The number of anilines is 1. The number of oxazole rings is 1. The number of nitrogens with two attached hydrogens (primary N) is 1. The van der Waals surface area contributed by atoms with Gasteiger partial charge in [0.25, 0.3) is 6.01 Å². The molecule has 0 amide bonds. The van der Waals surface area contributed by atoms with Crippen molar-refractivity contribution in [1.29, 1.82) is 5.26 Å². The first-order chi connectivity index (χ1) is 6.20. The van der Waals surface area contributed by atoms with Gasteiger partial charge in [0, 0.05) is 10.5 Å². The standard InChI is InChI=1S/C8H4BrN3O/c9-5-1-4(3-10)2-6-7(5)12-8(11)13-6/h1-2H,(H2,11,12). The van der Waals surface area contributed by atoms with Crippen LogP contribution < -0.4 is 5.73 Å². The molecule has 0 fully saturated rings. The Bertz CT molecular complexity index is 512. The predicted octanol–water partition coefficient (Wildman–Crippen LogP) is 2.04. The lowest BCUT2D eigenvalue weighted by Gasteiger charge is -1.91. The van der Waals surface area contributed by atoms with Gasteiger partial charge in [0.05, 0.1) is 11.6 Å². The highest BCUT2D eigenvalue weighted by atomic mass is 79.9. The highest BCUT2D eigenvalue weighted by Gasteiger charge is 2.07. The second kappa shape index (κ2) is 2.75. The number of nitrogen functional groups attached to an aromatic ring is 1. The number of benzene rings is 1. The molecule has 0 unspecified atom stereocenters. The van der Waals surface area contributed by atoms with Gasteiger partial charge in [-0.25, -0.2) is 0 Å². The summed E-state index contributed by atoms with van der Waals surface area (Å²) in [6, 6.07) is 5.38. The lowest BCUT2D eigenvalue weighted by Crippen LogP contribution is -1.81. The number of halogens is 1. The minimum atomic E-state index is 0.103. The van der Waals surface area contributed by atoms with Crippen molar-refractivity contribution < 1.29 is 4.42 Å². The number of hydrogen-bond donors (Lipinski definition) is 1. The molecule has 2 rings (SSSR count). The van der Waals surface area contributed by atoms with Crippen LogP contribution in [0.1, 0.15) is 5.56 Å². The second-order valence-electron chi connectivity index (χ2n) is 2.47. The smallest absolute Gasteiger partial charge is 0.293 e. The summed E-state index contributed by atoms with van der Waals surface area (Å²) < 4.78 is 5.79. The Morgan fingerprint density at radius 3 is 3.00 bits per heavy atom. The summed E-state index contributed by atoms with van der Waals surface area (Å²) in [5.41, 5.74) is 7.03. The van der Waals surface area contributed by atoms with Gasteiger partial charge in [-0.15, -0.1) is 0 Å². The van der Waals surface area contributed by atoms with Crippen molar-refractivity contribution in [1.82, 2.24) is 4.98 Å². The number of hydrogen-bond acceptors (Lipinski definition) is 4. The normalized spacial score (nSPS) is 10.2. The van der Waals surface area contributed by atoms with Gasteiger partial charge < -0.3 is 10.2 Å². The summed E-state index contributed by atoms with van der Waals surface area (Å²) in [4.78, 5) is 3.94. The molecule has 0 aliphatic rings. The van der Waals surface area contributed by atoms with Gasteiger partial charge >= 0.3 is 0 Å². The van der Waals surface area contributed by atoms with E-state index in [-0.39, 0.29) is 6.01 Å². The van der Waals surface area contributed by atoms with E-state index in [4.69, 9.17) is 15.4 Å². The second-order valence-corrected chi connectivity index (χ2v) is 3.32. The highest BCUT2D eigenvalue weighted by molar-refractivity contribution is 9.10. The monoisotopic (exact) mass is 237 g/mol. The average Bonchev–Trinajstić information content (AvgIpc) is 2.46. The Kier molecular flexibility index (Phi) is 1.71. The lowest BCUT2D eigenvalue weighted by molar-refractivity contribution is 0.626. The number of aromatic nitrogens is 1. The predicted molar refractivity (Wildman–Crippen MR) is 50.8 cm³/mol. The van der Waals surface area contributed by atoms with Crippen LogP contribution in [0, 0.1) is 11.3 Å². The van der Waals surface area contributed by atoms with Crippen LogP contribution in [0.2, 0.25) is 0 Å². The summed E-state index contributed by atoms with van der Waals surface area (Å²) in [7, 11) is 0. The molecule has 13 heavy (non-hydrogen) atoms. The summed E-state index contributed by atoms with van der Waals surface area (Å²) in [5.74, 6) is 0. The average molecular weight is 238 g/mol. The maximum Gasteiger partial charge on any atom is 0.293 e. The summed E-state index contributed by atoms with van der Waals surface area (Å²) in [6.07, 6.45) is 0. The zero-order valence-electron chi connectivity index (χ0n) is 6.41. The van der Waals surface area contributed by atoms with Crippen molar-refractivity contribution >= 4 is 33.0 Å². The minimum Gasteiger partial charge on any atom is -0.424 e. The van der Waals surface area contributed by atoms with Crippen molar-refractivity contribution in [3.8, 4) is 6.07 Å². The number of nitrogens with zero attached hydrogens (tertiary/aromatic N) is 2. The van der Waals surface area contributed by atoms with Crippen molar-refractivity contribution in [2.24, 2.45) is 0 Å². The van der Waals surface area contributed by atoms with E-state index >= 15 is 0 Å². The van der Waals surface area contributed by atoms with Gasteiger partial charge in [-0.1, -0.05) is 0 Å². The molecule has 0 saturated heterocycles. The first-order valence-electron chi connectivity index (χ1n) is 3.46. The molecule has 64 valence electrons. The molecule has 1 aromatic carbocycles. The third-order valence-corrected chi connectivity index (χ3v) is 2.20. The molecule has 5 heteroatoms. The Morgan fingerprint density at radius 2 is 2.31 bits per heavy atom. The third-order valence-electron chi connectivity index (χ3n) is 1.59. The Balaban J connectivity index is 2.85. The number of rotatable bonds is 0. The Morgan fingerprint density at radius 1 is 1.54 bits per heavy atom. The molecule has 2 N–H and O–H groups in total. The van der Waals surface area contributed by atoms with Gasteiger partial charge in [-0.2, -0.15) is 10.2 Å². The van der Waals surface area contributed by atoms with E-state index in [2.05, 4.69) is 20.9 Å². The minimum absolute atomic E-state index is 0.103. The zero-order chi connectivity index (χ0) is 9.42. The van der Waals surface area contributed by atoms with Crippen LogP contribution in [0.15, 0.2) is 21.0 Å². The van der Waals surface area contributed by atoms with E-state index in [0.717, 1.165) is 0 Å². The zero-order valence-corrected chi connectivity index (χ0v) is 8.00. The molecule has 0 saturated carbocycles. The van der Waals surface area contributed by atoms with Crippen molar-refractivity contribution in [3.63, 3.8) is 0 Å². The SMILES string of the molecule is N#Cc1cc(Br)c2nc(N)oc2c1. The molecule has 0 spiro atoms. The lowest BCUT2D eigenvalue weighted by atomic mass is 10.2. The maximum absolute atomic E-state index is 8.66. The number of fused-ring (bicyclic) bond motifs is 1. The van der Waals surface area contributed by atoms with Gasteiger partial charge in [0.1, 0.15) is 5.52 Å². The summed E-state index contributed by atoms with van der Waals surface area (Å²) >= 11 is 3.27. The molecular weight excluding hydrogens is 234 g/mol. The molecule has 0 bridgehead atoms. The van der Waals surface area contributed by atoms with Crippen LogP contribution in [-0.2, 0) is 0 Å². The van der Waals surface area contributed by atoms with Crippen molar-refractivity contribution in [3.05, 3.63) is 22.2 Å². The molecule has 4 nitrogen and oxygen atoms in total. The van der Waals surface area contributed by atoms with E-state index in [1.807, 2.05) is 6.07 Å².